The molecule has 2 aromatic carbocycles. The molecule has 0 aromatic heterocycles. The number of halogens is 1. The summed E-state index contributed by atoms with van der Waals surface area (Å²) in [5.74, 6) is 0.0576. The molecule has 0 saturated heterocycles. The van der Waals surface area contributed by atoms with Crippen molar-refractivity contribution in [3.8, 4) is 11.5 Å². The topological polar surface area (TPSA) is 73.9 Å². The summed E-state index contributed by atoms with van der Waals surface area (Å²) in [4.78, 5) is 24.1. The number of hydrogen-bond acceptors (Lipinski definition) is 5. The Morgan fingerprint density at radius 3 is 2.32 bits per heavy atom. The molecule has 0 aliphatic rings. The van der Waals surface area contributed by atoms with Gasteiger partial charge in [0, 0.05) is 11.6 Å². The number of esters is 1. The third-order valence-electron chi connectivity index (χ3n) is 3.76. The zero-order valence-electron chi connectivity index (χ0n) is 16.0. The Bertz CT molecular complexity index is 792. The maximum Gasteiger partial charge on any atom is 0.338 e. The number of ether oxygens (including phenoxy) is 3. The molecule has 0 bridgehead atoms. The maximum atomic E-state index is 12.2. The molecule has 150 valence electrons. The fourth-order valence-corrected chi connectivity index (χ4v) is 2.57. The van der Waals surface area contributed by atoms with Crippen molar-refractivity contribution < 1.29 is 23.8 Å². The molecule has 6 nitrogen and oxygen atoms in total. The van der Waals surface area contributed by atoms with Crippen molar-refractivity contribution in [3.05, 3.63) is 58.6 Å². The van der Waals surface area contributed by atoms with E-state index in [1.807, 2.05) is 26.0 Å². The molecule has 0 radical (unpaired) electrons. The van der Waals surface area contributed by atoms with Crippen LogP contribution in [0.5, 0.6) is 11.5 Å². The lowest BCUT2D eigenvalue weighted by Crippen LogP contribution is -2.30. The highest BCUT2D eigenvalue weighted by Gasteiger charge is 2.14. The summed E-state index contributed by atoms with van der Waals surface area (Å²) in [6.45, 7) is 4.72. The molecule has 7 heteroatoms. The van der Waals surface area contributed by atoms with Crippen molar-refractivity contribution in [1.82, 2.24) is 5.32 Å². The third-order valence-corrected chi connectivity index (χ3v) is 4.01. The van der Waals surface area contributed by atoms with Crippen molar-refractivity contribution >= 4 is 23.5 Å². The van der Waals surface area contributed by atoms with Crippen LogP contribution in [0.25, 0.3) is 0 Å². The van der Waals surface area contributed by atoms with Gasteiger partial charge in [0.05, 0.1) is 18.8 Å². The van der Waals surface area contributed by atoms with Crippen LogP contribution in [0, 0.1) is 0 Å². The fourth-order valence-electron chi connectivity index (χ4n) is 2.44. The summed E-state index contributed by atoms with van der Waals surface area (Å²) in [7, 11) is 0. The highest BCUT2D eigenvalue weighted by Crippen LogP contribution is 2.28. The first-order chi connectivity index (χ1) is 13.5. The molecule has 0 spiro atoms. The van der Waals surface area contributed by atoms with Crippen LogP contribution in [0.3, 0.4) is 0 Å². The SMILES string of the molecule is CCOc1ccc(C(=O)OCC(=O)NCCc2ccc(Cl)cc2)cc1OCC. The van der Waals surface area contributed by atoms with Gasteiger partial charge in [0.2, 0.25) is 0 Å². The van der Waals surface area contributed by atoms with Crippen LogP contribution < -0.4 is 14.8 Å². The fraction of sp³-hybridized carbons (Fsp3) is 0.333. The van der Waals surface area contributed by atoms with Crippen LogP contribution in [0.4, 0.5) is 0 Å². The molecule has 0 unspecified atom stereocenters. The molecule has 0 saturated carbocycles. The van der Waals surface area contributed by atoms with Crippen molar-refractivity contribution in [2.24, 2.45) is 0 Å². The second-order valence-corrected chi connectivity index (χ2v) is 6.27. The number of rotatable bonds is 10. The monoisotopic (exact) mass is 405 g/mol. The molecule has 0 fully saturated rings. The standard InChI is InChI=1S/C21H24ClNO5/c1-3-26-18-10-7-16(13-19(18)27-4-2)21(25)28-14-20(24)23-12-11-15-5-8-17(22)9-6-15/h5-10,13H,3-4,11-12,14H2,1-2H3,(H,23,24). The van der Waals surface area contributed by atoms with E-state index in [0.29, 0.717) is 48.3 Å². The van der Waals surface area contributed by atoms with Crippen LogP contribution in [0.2, 0.25) is 5.02 Å². The van der Waals surface area contributed by atoms with E-state index in [1.54, 1.807) is 30.3 Å². The zero-order valence-corrected chi connectivity index (χ0v) is 16.8. The van der Waals surface area contributed by atoms with Gasteiger partial charge in [-0.3, -0.25) is 4.79 Å². The van der Waals surface area contributed by atoms with Gasteiger partial charge < -0.3 is 19.5 Å². The number of carbonyl (C=O) groups excluding carboxylic acids is 2. The molecule has 0 aliphatic heterocycles. The maximum absolute atomic E-state index is 12.2. The first-order valence-corrected chi connectivity index (χ1v) is 9.49. The molecule has 0 heterocycles. The van der Waals surface area contributed by atoms with E-state index >= 15 is 0 Å². The second-order valence-electron chi connectivity index (χ2n) is 5.83. The lowest BCUT2D eigenvalue weighted by molar-refractivity contribution is -0.124. The van der Waals surface area contributed by atoms with Crippen LogP contribution >= 0.6 is 11.6 Å². The molecule has 28 heavy (non-hydrogen) atoms. The minimum atomic E-state index is -0.600. The Kier molecular flexibility index (Phi) is 8.62. The van der Waals surface area contributed by atoms with E-state index in [9.17, 15) is 9.59 Å². The zero-order chi connectivity index (χ0) is 20.4. The van der Waals surface area contributed by atoms with E-state index < -0.39 is 5.97 Å². The van der Waals surface area contributed by atoms with Crippen LogP contribution in [0.1, 0.15) is 29.8 Å². The summed E-state index contributed by atoms with van der Waals surface area (Å²) in [6.07, 6.45) is 0.660. The van der Waals surface area contributed by atoms with Crippen molar-refractivity contribution in [2.45, 2.75) is 20.3 Å². The Labute approximate surface area is 169 Å². The summed E-state index contributed by atoms with van der Waals surface area (Å²) in [6, 6.07) is 12.2. The van der Waals surface area contributed by atoms with Gasteiger partial charge in [0.1, 0.15) is 0 Å². The highest BCUT2D eigenvalue weighted by atomic mass is 35.5. The third kappa shape index (κ3) is 6.78. The Morgan fingerprint density at radius 2 is 1.64 bits per heavy atom. The lowest BCUT2D eigenvalue weighted by Gasteiger charge is -2.12. The summed E-state index contributed by atoms with van der Waals surface area (Å²) < 4.78 is 16.0. The number of nitrogens with one attached hydrogen (secondary N) is 1. The number of carbonyl (C=O) groups is 2. The van der Waals surface area contributed by atoms with Gasteiger partial charge in [0.25, 0.3) is 5.91 Å². The van der Waals surface area contributed by atoms with E-state index in [4.69, 9.17) is 25.8 Å². The van der Waals surface area contributed by atoms with Gasteiger partial charge in [0.15, 0.2) is 18.1 Å². The van der Waals surface area contributed by atoms with E-state index in [2.05, 4.69) is 5.32 Å². The van der Waals surface area contributed by atoms with Crippen molar-refractivity contribution in [1.29, 1.82) is 0 Å². The molecule has 2 rings (SSSR count). The van der Waals surface area contributed by atoms with E-state index in [1.165, 1.54) is 0 Å². The average Bonchev–Trinajstić information content (AvgIpc) is 2.69. The van der Waals surface area contributed by atoms with Gasteiger partial charge in [-0.2, -0.15) is 0 Å². The predicted octanol–water partition coefficient (Wildman–Crippen LogP) is 3.65. The Balaban J connectivity index is 1.81. The summed E-state index contributed by atoms with van der Waals surface area (Å²) in [5, 5.41) is 3.38. The number of benzene rings is 2. The predicted molar refractivity (Wildman–Crippen MR) is 107 cm³/mol. The molecular formula is C21H24ClNO5. The molecule has 0 aliphatic carbocycles. The minimum absolute atomic E-state index is 0.292. The van der Waals surface area contributed by atoms with Gasteiger partial charge in [-0.25, -0.2) is 4.79 Å². The van der Waals surface area contributed by atoms with Crippen LogP contribution in [-0.4, -0.2) is 38.2 Å². The van der Waals surface area contributed by atoms with Gasteiger partial charge in [-0.1, -0.05) is 23.7 Å². The molecule has 0 atom stereocenters. The molecular weight excluding hydrogens is 382 g/mol. The Morgan fingerprint density at radius 1 is 0.964 bits per heavy atom. The second kappa shape index (κ2) is 11.2. The number of hydrogen-bond donors (Lipinski definition) is 1. The van der Waals surface area contributed by atoms with Crippen molar-refractivity contribution in [2.75, 3.05) is 26.4 Å². The van der Waals surface area contributed by atoms with Gasteiger partial charge in [-0.15, -0.1) is 0 Å². The molecule has 2 aromatic rings. The van der Waals surface area contributed by atoms with Gasteiger partial charge >= 0.3 is 5.97 Å². The minimum Gasteiger partial charge on any atom is -0.490 e. The van der Waals surface area contributed by atoms with Crippen LogP contribution in [-0.2, 0) is 16.0 Å². The van der Waals surface area contributed by atoms with E-state index in [0.717, 1.165) is 5.56 Å². The van der Waals surface area contributed by atoms with Crippen LogP contribution in [0.15, 0.2) is 42.5 Å². The quantitative estimate of drug-likeness (QED) is 0.611. The smallest absolute Gasteiger partial charge is 0.338 e. The van der Waals surface area contributed by atoms with Crippen molar-refractivity contribution in [3.63, 3.8) is 0 Å². The summed E-state index contributed by atoms with van der Waals surface area (Å²) >= 11 is 5.84. The average molecular weight is 406 g/mol. The Hall–Kier alpha value is -2.73. The number of amides is 1. The van der Waals surface area contributed by atoms with Gasteiger partial charge in [-0.05, 0) is 56.2 Å². The lowest BCUT2D eigenvalue weighted by atomic mass is 10.1. The first-order valence-electron chi connectivity index (χ1n) is 9.11. The van der Waals surface area contributed by atoms with E-state index in [-0.39, 0.29) is 12.5 Å². The first kappa shape index (κ1) is 21.6. The summed E-state index contributed by atoms with van der Waals surface area (Å²) in [5.41, 5.74) is 1.35. The largest absolute Gasteiger partial charge is 0.490 e. The molecule has 1 amide bonds. The normalized spacial score (nSPS) is 10.2. The highest BCUT2D eigenvalue weighted by molar-refractivity contribution is 6.30. The molecule has 1 N–H and O–H groups in total.